The van der Waals surface area contributed by atoms with Crippen molar-refractivity contribution in [3.63, 3.8) is 0 Å². The first-order chi connectivity index (χ1) is 12.9. The van der Waals surface area contributed by atoms with E-state index in [4.69, 9.17) is 4.74 Å². The van der Waals surface area contributed by atoms with Crippen molar-refractivity contribution in [3.05, 3.63) is 40.2 Å². The number of carbonyl (C=O) groups excluding carboxylic acids is 1. The van der Waals surface area contributed by atoms with Gasteiger partial charge in [-0.3, -0.25) is 14.2 Å². The molecule has 142 valence electrons. The molecule has 0 saturated carbocycles. The van der Waals surface area contributed by atoms with Gasteiger partial charge in [-0.2, -0.15) is 0 Å². The molecule has 2 aliphatic heterocycles. The summed E-state index contributed by atoms with van der Waals surface area (Å²) >= 11 is 0. The maximum Gasteiger partial charge on any atom is 0.276 e. The van der Waals surface area contributed by atoms with Gasteiger partial charge in [0.05, 0.1) is 13.3 Å². The number of fused-ring (bicyclic) bond motifs is 2. The molecule has 2 aromatic rings. The van der Waals surface area contributed by atoms with Gasteiger partial charge in [0.25, 0.3) is 11.5 Å². The number of rotatable bonds is 3. The van der Waals surface area contributed by atoms with Crippen LogP contribution in [0.3, 0.4) is 0 Å². The van der Waals surface area contributed by atoms with Gasteiger partial charge in [-0.25, -0.2) is 9.97 Å². The number of nitrogens with zero attached hydrogens (tertiary/aromatic N) is 4. The molecule has 1 amide bonds. The fraction of sp³-hybridized carbons (Fsp3) is 0.444. The van der Waals surface area contributed by atoms with Crippen molar-refractivity contribution in [1.29, 1.82) is 0 Å². The number of amides is 1. The molecule has 2 aliphatic rings. The number of carbonyl (C=O) groups is 1. The molecule has 4 rings (SSSR count). The van der Waals surface area contributed by atoms with Crippen LogP contribution < -0.4 is 20.9 Å². The minimum atomic E-state index is -0.672. The Bertz CT molecular complexity index is 962. The van der Waals surface area contributed by atoms with Gasteiger partial charge in [-0.05, 0) is 25.6 Å². The number of aryl methyl sites for hydroxylation is 1. The average molecular weight is 370 g/mol. The van der Waals surface area contributed by atoms with E-state index >= 15 is 0 Å². The number of methoxy groups -OCH3 is 1. The molecule has 0 unspecified atom stereocenters. The quantitative estimate of drug-likeness (QED) is 0.825. The van der Waals surface area contributed by atoms with Crippen LogP contribution in [-0.2, 0) is 5.66 Å². The number of nitrogens with one attached hydrogen (secondary N) is 2. The van der Waals surface area contributed by atoms with Crippen LogP contribution in [0.4, 0.5) is 11.5 Å². The Morgan fingerprint density at radius 1 is 1.30 bits per heavy atom. The van der Waals surface area contributed by atoms with Crippen molar-refractivity contribution >= 4 is 17.4 Å². The highest BCUT2D eigenvalue weighted by atomic mass is 16.5. The van der Waals surface area contributed by atoms with Crippen LogP contribution in [0.5, 0.6) is 5.75 Å². The van der Waals surface area contributed by atoms with Gasteiger partial charge in [-0.15, -0.1) is 0 Å². The first kappa shape index (κ1) is 17.5. The zero-order valence-electron chi connectivity index (χ0n) is 15.6. The number of hydrogen-bond donors (Lipinski definition) is 2. The molecular formula is C18H22N6O3. The molecular weight excluding hydrogens is 348 g/mol. The zero-order valence-corrected chi connectivity index (χ0v) is 15.6. The van der Waals surface area contributed by atoms with Crippen LogP contribution in [0.1, 0.15) is 28.9 Å². The summed E-state index contributed by atoms with van der Waals surface area (Å²) in [5.74, 6) is 0.642. The third-order valence-corrected chi connectivity index (χ3v) is 5.35. The Kier molecular flexibility index (Phi) is 4.11. The number of pyridine rings is 1. The second-order valence-corrected chi connectivity index (χ2v) is 7.08. The maximum absolute atomic E-state index is 13.3. The van der Waals surface area contributed by atoms with Crippen molar-refractivity contribution in [2.45, 2.75) is 25.4 Å². The summed E-state index contributed by atoms with van der Waals surface area (Å²) in [7, 11) is 3.55. The number of hydrogen-bond acceptors (Lipinski definition) is 7. The SMILES string of the molecule is COc1cncnc1Nc1cc(C)c2n(c1=O)C1(CCN(C)CC1)NC2=O. The molecule has 0 atom stereocenters. The molecule has 2 aromatic heterocycles. The Balaban J connectivity index is 1.82. The molecule has 2 N–H and O–H groups in total. The lowest BCUT2D eigenvalue weighted by molar-refractivity contribution is 0.0799. The number of likely N-dealkylation sites (tertiary alicyclic amines) is 1. The van der Waals surface area contributed by atoms with Crippen LogP contribution in [0.2, 0.25) is 0 Å². The number of piperidine rings is 1. The van der Waals surface area contributed by atoms with E-state index in [9.17, 15) is 9.59 Å². The zero-order chi connectivity index (χ0) is 19.2. The van der Waals surface area contributed by atoms with Gasteiger partial charge in [0.15, 0.2) is 11.6 Å². The molecule has 1 fully saturated rings. The summed E-state index contributed by atoms with van der Waals surface area (Å²) in [5.41, 5.74) is 0.596. The van der Waals surface area contributed by atoms with Crippen LogP contribution in [0, 0.1) is 6.92 Å². The molecule has 1 saturated heterocycles. The molecule has 1 spiro atoms. The standard InChI is InChI=1S/C18H22N6O3/c1-11-8-12(21-15-13(27-3)9-19-10-20-15)17(26)24-14(11)16(25)22-18(24)4-6-23(2)7-5-18/h8-10H,4-7H2,1-3H3,(H,22,25)(H,19,20,21). The van der Waals surface area contributed by atoms with E-state index in [2.05, 4.69) is 25.5 Å². The number of anilines is 2. The molecule has 27 heavy (non-hydrogen) atoms. The maximum atomic E-state index is 13.3. The van der Waals surface area contributed by atoms with E-state index in [0.29, 0.717) is 35.8 Å². The van der Waals surface area contributed by atoms with E-state index in [1.165, 1.54) is 19.6 Å². The fourth-order valence-corrected chi connectivity index (χ4v) is 3.87. The van der Waals surface area contributed by atoms with Crippen LogP contribution in [0.25, 0.3) is 0 Å². The van der Waals surface area contributed by atoms with Crippen LogP contribution in [-0.4, -0.2) is 52.6 Å². The Labute approximate surface area is 156 Å². The van der Waals surface area contributed by atoms with Crippen LogP contribution in [0.15, 0.2) is 23.4 Å². The summed E-state index contributed by atoms with van der Waals surface area (Å²) in [6.45, 7) is 3.45. The second kappa shape index (κ2) is 6.34. The van der Waals surface area contributed by atoms with Crippen molar-refractivity contribution < 1.29 is 9.53 Å². The predicted octanol–water partition coefficient (Wildman–Crippen LogP) is 0.821. The van der Waals surface area contributed by atoms with Crippen molar-refractivity contribution in [3.8, 4) is 5.75 Å². The van der Waals surface area contributed by atoms with E-state index in [1.54, 1.807) is 10.6 Å². The van der Waals surface area contributed by atoms with Gasteiger partial charge >= 0.3 is 0 Å². The Morgan fingerprint density at radius 2 is 2.04 bits per heavy atom. The summed E-state index contributed by atoms with van der Waals surface area (Å²) in [4.78, 5) is 36.2. The topological polar surface area (TPSA) is 101 Å². The first-order valence-electron chi connectivity index (χ1n) is 8.84. The van der Waals surface area contributed by atoms with E-state index in [0.717, 1.165) is 18.7 Å². The highest BCUT2D eigenvalue weighted by Crippen LogP contribution is 2.34. The molecule has 0 radical (unpaired) electrons. The lowest BCUT2D eigenvalue weighted by Crippen LogP contribution is -2.53. The van der Waals surface area contributed by atoms with Crippen molar-refractivity contribution in [2.24, 2.45) is 0 Å². The highest BCUT2D eigenvalue weighted by molar-refractivity contribution is 5.97. The number of ether oxygens (including phenoxy) is 1. The van der Waals surface area contributed by atoms with Crippen LogP contribution >= 0.6 is 0 Å². The molecule has 0 aromatic carbocycles. The fourth-order valence-electron chi connectivity index (χ4n) is 3.87. The smallest absolute Gasteiger partial charge is 0.276 e. The summed E-state index contributed by atoms with van der Waals surface area (Å²) < 4.78 is 6.88. The van der Waals surface area contributed by atoms with Crippen molar-refractivity contribution in [2.75, 3.05) is 32.6 Å². The molecule has 4 heterocycles. The minimum Gasteiger partial charge on any atom is -0.491 e. The highest BCUT2D eigenvalue weighted by Gasteiger charge is 2.46. The third-order valence-electron chi connectivity index (χ3n) is 5.35. The van der Waals surface area contributed by atoms with Crippen molar-refractivity contribution in [1.82, 2.24) is 24.8 Å². The third kappa shape index (κ3) is 2.74. The van der Waals surface area contributed by atoms with Gasteiger partial charge in [0, 0.05) is 25.9 Å². The summed E-state index contributed by atoms with van der Waals surface area (Å²) in [5, 5.41) is 6.12. The first-order valence-corrected chi connectivity index (χ1v) is 8.84. The molecule has 0 aliphatic carbocycles. The van der Waals surface area contributed by atoms with Gasteiger partial charge in [-0.1, -0.05) is 0 Å². The monoisotopic (exact) mass is 370 g/mol. The van der Waals surface area contributed by atoms with E-state index < -0.39 is 5.66 Å². The second-order valence-electron chi connectivity index (χ2n) is 7.08. The van der Waals surface area contributed by atoms with E-state index in [-0.39, 0.29) is 11.5 Å². The van der Waals surface area contributed by atoms with Gasteiger partial charge in [0.2, 0.25) is 0 Å². The minimum absolute atomic E-state index is 0.194. The average Bonchev–Trinajstić information content (AvgIpc) is 2.95. The number of aromatic nitrogens is 3. The van der Waals surface area contributed by atoms with Gasteiger partial charge < -0.3 is 20.3 Å². The summed E-state index contributed by atoms with van der Waals surface area (Å²) in [6, 6.07) is 1.68. The molecule has 9 nitrogen and oxygen atoms in total. The molecule has 0 bridgehead atoms. The van der Waals surface area contributed by atoms with E-state index in [1.807, 2.05) is 14.0 Å². The molecule has 9 heteroatoms. The van der Waals surface area contributed by atoms with Gasteiger partial charge in [0.1, 0.15) is 23.4 Å². The Morgan fingerprint density at radius 3 is 2.74 bits per heavy atom. The summed E-state index contributed by atoms with van der Waals surface area (Å²) in [6.07, 6.45) is 4.27. The lowest BCUT2D eigenvalue weighted by atomic mass is 9.97. The Hall–Kier alpha value is -2.94. The predicted molar refractivity (Wildman–Crippen MR) is 99.5 cm³/mol. The largest absolute Gasteiger partial charge is 0.491 e. The normalized spacial score (nSPS) is 18.3. The lowest BCUT2D eigenvalue weighted by Gasteiger charge is -2.39.